The summed E-state index contributed by atoms with van der Waals surface area (Å²) in [6, 6.07) is 0. The minimum absolute atomic E-state index is 0.0761. The monoisotopic (exact) mass is 280 g/mol. The Kier molecular flexibility index (Phi) is 3.66. The van der Waals surface area contributed by atoms with Crippen LogP contribution in [0.25, 0.3) is 0 Å². The van der Waals surface area contributed by atoms with Gasteiger partial charge in [0.15, 0.2) is 5.01 Å². The summed E-state index contributed by atoms with van der Waals surface area (Å²) in [5.74, 6) is -0.0761. The number of aliphatic hydroxyl groups is 1. The van der Waals surface area contributed by atoms with Gasteiger partial charge in [-0.3, -0.25) is 0 Å². The molecule has 2 atom stereocenters. The van der Waals surface area contributed by atoms with Crippen LogP contribution in [-0.4, -0.2) is 23.2 Å². The van der Waals surface area contributed by atoms with Crippen molar-refractivity contribution >= 4 is 11.3 Å². The van der Waals surface area contributed by atoms with Crippen LogP contribution in [0.4, 0.5) is 13.2 Å². The maximum atomic E-state index is 12.5. The molecule has 102 valence electrons. The molecule has 2 unspecified atom stereocenters. The molecule has 18 heavy (non-hydrogen) atoms. The Hall–Kier alpha value is -0.660. The second kappa shape index (κ2) is 4.79. The van der Waals surface area contributed by atoms with Crippen molar-refractivity contribution in [3.05, 3.63) is 16.1 Å². The number of hydrogen-bond donors (Lipinski definition) is 2. The van der Waals surface area contributed by atoms with Gasteiger partial charge in [0.25, 0.3) is 0 Å². The van der Waals surface area contributed by atoms with Crippen LogP contribution in [0.5, 0.6) is 0 Å². The van der Waals surface area contributed by atoms with Crippen molar-refractivity contribution in [2.75, 3.05) is 13.1 Å². The minimum atomic E-state index is -4.44. The van der Waals surface area contributed by atoms with E-state index in [1.165, 1.54) is 6.20 Å². The highest BCUT2D eigenvalue weighted by molar-refractivity contribution is 7.11. The van der Waals surface area contributed by atoms with Crippen molar-refractivity contribution in [2.24, 2.45) is 5.92 Å². The lowest BCUT2D eigenvalue weighted by Gasteiger charge is -2.39. The molecule has 0 aliphatic carbocycles. The fourth-order valence-electron chi connectivity index (χ4n) is 2.34. The highest BCUT2D eigenvalue weighted by Gasteiger charge is 2.43. The highest BCUT2D eigenvalue weighted by Crippen LogP contribution is 2.42. The van der Waals surface area contributed by atoms with Crippen LogP contribution >= 0.6 is 11.3 Å². The molecule has 3 nitrogen and oxygen atoms in total. The van der Waals surface area contributed by atoms with Crippen LogP contribution in [-0.2, 0) is 11.8 Å². The first-order valence-corrected chi connectivity index (χ1v) is 6.66. The van der Waals surface area contributed by atoms with Crippen molar-refractivity contribution in [3.63, 3.8) is 0 Å². The maximum Gasteiger partial charge on any atom is 0.443 e. The Morgan fingerprint density at radius 1 is 1.61 bits per heavy atom. The van der Waals surface area contributed by atoms with E-state index >= 15 is 0 Å². The number of rotatable bonds is 2. The Balaban J connectivity index is 2.31. The summed E-state index contributed by atoms with van der Waals surface area (Å²) in [5, 5.41) is 12.9. The second-order valence-corrected chi connectivity index (χ2v) is 5.54. The topological polar surface area (TPSA) is 45.1 Å². The maximum absolute atomic E-state index is 12.5. The van der Waals surface area contributed by atoms with Gasteiger partial charge >= 0.3 is 6.18 Å². The van der Waals surface area contributed by atoms with E-state index in [4.69, 9.17) is 0 Å². The molecule has 0 aromatic carbocycles. The van der Waals surface area contributed by atoms with E-state index in [0.29, 0.717) is 42.1 Å². The van der Waals surface area contributed by atoms with Crippen LogP contribution in [0.1, 0.15) is 29.7 Å². The predicted octanol–water partition coefficient (Wildman–Crippen LogP) is 2.37. The van der Waals surface area contributed by atoms with Crippen molar-refractivity contribution in [1.82, 2.24) is 10.3 Å². The smallest absolute Gasteiger partial charge is 0.384 e. The van der Waals surface area contributed by atoms with E-state index in [0.717, 1.165) is 0 Å². The van der Waals surface area contributed by atoms with E-state index in [-0.39, 0.29) is 5.92 Å². The van der Waals surface area contributed by atoms with Gasteiger partial charge in [-0.2, -0.15) is 13.2 Å². The van der Waals surface area contributed by atoms with Gasteiger partial charge in [-0.15, -0.1) is 11.3 Å². The van der Waals surface area contributed by atoms with E-state index < -0.39 is 16.8 Å². The Morgan fingerprint density at radius 2 is 2.33 bits per heavy atom. The molecule has 7 heteroatoms. The SMILES string of the molecule is CCC1CNCCC1(O)c1cnc(C(F)(F)F)s1. The summed E-state index contributed by atoms with van der Waals surface area (Å²) >= 11 is 0.550. The molecule has 1 aliphatic heterocycles. The summed E-state index contributed by atoms with van der Waals surface area (Å²) in [7, 11) is 0. The zero-order chi connectivity index (χ0) is 13.4. The van der Waals surface area contributed by atoms with Gasteiger partial charge in [-0.1, -0.05) is 6.92 Å². The van der Waals surface area contributed by atoms with Crippen LogP contribution in [0.2, 0.25) is 0 Å². The molecule has 2 N–H and O–H groups in total. The number of halogens is 3. The third kappa shape index (κ3) is 2.39. The third-order valence-corrected chi connectivity index (χ3v) is 4.63. The number of piperidine rings is 1. The fourth-order valence-corrected chi connectivity index (χ4v) is 3.32. The quantitative estimate of drug-likeness (QED) is 0.874. The predicted molar refractivity (Wildman–Crippen MR) is 62.3 cm³/mol. The van der Waals surface area contributed by atoms with Crippen molar-refractivity contribution in [3.8, 4) is 0 Å². The molecule has 1 saturated heterocycles. The lowest BCUT2D eigenvalue weighted by atomic mass is 9.79. The van der Waals surface area contributed by atoms with E-state index in [1.54, 1.807) is 0 Å². The summed E-state index contributed by atoms with van der Waals surface area (Å²) in [6.07, 6.45) is -2.14. The summed E-state index contributed by atoms with van der Waals surface area (Å²) < 4.78 is 37.6. The van der Waals surface area contributed by atoms with Gasteiger partial charge in [-0.25, -0.2) is 4.98 Å². The number of hydrogen-bond acceptors (Lipinski definition) is 4. The van der Waals surface area contributed by atoms with Gasteiger partial charge in [-0.05, 0) is 19.4 Å². The molecule has 2 heterocycles. The van der Waals surface area contributed by atoms with Crippen LogP contribution in [0.15, 0.2) is 6.20 Å². The van der Waals surface area contributed by atoms with Gasteiger partial charge in [0.2, 0.25) is 0 Å². The summed E-state index contributed by atoms with van der Waals surface area (Å²) in [6.45, 7) is 3.15. The van der Waals surface area contributed by atoms with Gasteiger partial charge in [0.1, 0.15) is 5.60 Å². The number of alkyl halides is 3. The normalized spacial score (nSPS) is 29.5. The van der Waals surface area contributed by atoms with Crippen molar-refractivity contribution < 1.29 is 18.3 Å². The minimum Gasteiger partial charge on any atom is -0.384 e. The molecule has 0 spiro atoms. The molecule has 2 rings (SSSR count). The number of thiazole rings is 1. The number of nitrogens with zero attached hydrogens (tertiary/aromatic N) is 1. The van der Waals surface area contributed by atoms with E-state index in [2.05, 4.69) is 10.3 Å². The average molecular weight is 280 g/mol. The molecule has 0 bridgehead atoms. The number of nitrogens with one attached hydrogen (secondary N) is 1. The third-order valence-electron chi connectivity index (χ3n) is 3.42. The number of aromatic nitrogens is 1. The Labute approximate surface area is 107 Å². The van der Waals surface area contributed by atoms with Gasteiger partial charge in [0.05, 0.1) is 4.88 Å². The largest absolute Gasteiger partial charge is 0.443 e. The first-order valence-electron chi connectivity index (χ1n) is 5.84. The van der Waals surface area contributed by atoms with Crippen molar-refractivity contribution in [2.45, 2.75) is 31.5 Å². The average Bonchev–Trinajstić information content (AvgIpc) is 2.79. The van der Waals surface area contributed by atoms with E-state index in [9.17, 15) is 18.3 Å². The van der Waals surface area contributed by atoms with Crippen LogP contribution < -0.4 is 5.32 Å². The van der Waals surface area contributed by atoms with Crippen LogP contribution in [0.3, 0.4) is 0 Å². The zero-order valence-corrected chi connectivity index (χ0v) is 10.7. The first-order chi connectivity index (χ1) is 8.38. The molecular formula is C11H15F3N2OS. The molecule has 1 aliphatic rings. The fraction of sp³-hybridized carbons (Fsp3) is 0.727. The molecule has 0 amide bonds. The highest BCUT2D eigenvalue weighted by atomic mass is 32.1. The lowest BCUT2D eigenvalue weighted by Crippen LogP contribution is -2.47. The zero-order valence-electron chi connectivity index (χ0n) is 9.92. The molecule has 1 aromatic heterocycles. The summed E-state index contributed by atoms with van der Waals surface area (Å²) in [4.78, 5) is 3.71. The lowest BCUT2D eigenvalue weighted by molar-refractivity contribution is -0.137. The van der Waals surface area contributed by atoms with Gasteiger partial charge in [0, 0.05) is 18.7 Å². The van der Waals surface area contributed by atoms with Crippen molar-refractivity contribution in [1.29, 1.82) is 0 Å². The van der Waals surface area contributed by atoms with E-state index in [1.807, 2.05) is 6.92 Å². The molecular weight excluding hydrogens is 265 g/mol. The molecule has 0 radical (unpaired) electrons. The van der Waals surface area contributed by atoms with Crippen LogP contribution in [0, 0.1) is 5.92 Å². The van der Waals surface area contributed by atoms with Gasteiger partial charge < -0.3 is 10.4 Å². The second-order valence-electron chi connectivity index (χ2n) is 4.51. The molecule has 0 saturated carbocycles. The molecule has 1 aromatic rings. The Morgan fingerprint density at radius 3 is 2.89 bits per heavy atom. The first kappa shape index (κ1) is 13.8. The Bertz CT molecular complexity index is 421. The summed E-state index contributed by atoms with van der Waals surface area (Å²) in [5.41, 5.74) is -1.18. The standard InChI is InChI=1S/C11H15F3N2OS/c1-2-7-5-15-4-3-10(7,17)8-6-16-9(18-8)11(12,13)14/h6-7,15,17H,2-5H2,1H3. The molecule has 1 fully saturated rings.